The molecule has 2 atom stereocenters. The Bertz CT molecular complexity index is 763. The number of hydrogen-bond donors (Lipinski definition) is 1. The number of hydrogen-bond acceptors (Lipinski definition) is 4. The Balaban J connectivity index is 1.62. The van der Waals surface area contributed by atoms with Crippen LogP contribution in [0.25, 0.3) is 0 Å². The summed E-state index contributed by atoms with van der Waals surface area (Å²) < 4.78 is 0. The average Bonchev–Trinajstić information content (AvgIpc) is 3.21. The highest BCUT2D eigenvalue weighted by Gasteiger charge is 2.29. The third-order valence-corrected chi connectivity index (χ3v) is 6.61. The van der Waals surface area contributed by atoms with Crippen molar-refractivity contribution in [1.82, 2.24) is 15.2 Å². The zero-order chi connectivity index (χ0) is 18.9. The summed E-state index contributed by atoms with van der Waals surface area (Å²) in [6.45, 7) is 12.5. The fraction of sp³-hybridized carbons (Fsp3) is 0.524. The molecule has 5 heteroatoms. The lowest BCUT2D eigenvalue weighted by molar-refractivity contribution is 0.0940. The number of thiazole rings is 1. The standard InChI is InChI=1S/C21H29N3OS/c1-14-18(26-20(22-14)21(3,4)5)19(25)23-17-11-12-24(13-17)15(2)16-9-7-6-8-10-16/h6-10,15,17H,11-13H2,1-5H3,(H,23,25). The predicted octanol–water partition coefficient (Wildman–Crippen LogP) is 4.31. The molecule has 0 aliphatic carbocycles. The molecule has 0 radical (unpaired) electrons. The van der Waals surface area contributed by atoms with E-state index in [9.17, 15) is 4.79 Å². The van der Waals surface area contributed by atoms with Gasteiger partial charge in [0, 0.05) is 30.6 Å². The maximum atomic E-state index is 12.7. The minimum atomic E-state index is -0.0246. The first-order valence-corrected chi connectivity index (χ1v) is 10.1. The summed E-state index contributed by atoms with van der Waals surface area (Å²) in [5, 5.41) is 4.25. The molecule has 0 spiro atoms. The number of benzene rings is 1. The second-order valence-electron chi connectivity index (χ2n) is 8.22. The van der Waals surface area contributed by atoms with Crippen molar-refractivity contribution in [2.45, 2.75) is 58.5 Å². The van der Waals surface area contributed by atoms with E-state index in [2.05, 4.69) is 67.2 Å². The maximum Gasteiger partial charge on any atom is 0.263 e. The van der Waals surface area contributed by atoms with Crippen LogP contribution in [-0.2, 0) is 5.41 Å². The van der Waals surface area contributed by atoms with Gasteiger partial charge in [0.15, 0.2) is 0 Å². The Kier molecular flexibility index (Phi) is 5.49. The third kappa shape index (κ3) is 4.15. The van der Waals surface area contributed by atoms with Crippen LogP contribution in [0.3, 0.4) is 0 Å². The second kappa shape index (κ2) is 7.49. The molecule has 140 valence electrons. The normalized spacial score (nSPS) is 19.5. The van der Waals surface area contributed by atoms with E-state index in [1.165, 1.54) is 16.9 Å². The lowest BCUT2D eigenvalue weighted by atomic mass is 9.98. The van der Waals surface area contributed by atoms with Crippen LogP contribution in [0.4, 0.5) is 0 Å². The molecule has 1 amide bonds. The summed E-state index contributed by atoms with van der Waals surface area (Å²) in [7, 11) is 0. The van der Waals surface area contributed by atoms with Gasteiger partial charge >= 0.3 is 0 Å². The van der Waals surface area contributed by atoms with Gasteiger partial charge in [-0.05, 0) is 25.8 Å². The molecular formula is C21H29N3OS. The van der Waals surface area contributed by atoms with Crippen molar-refractivity contribution >= 4 is 17.2 Å². The molecule has 1 aromatic carbocycles. The van der Waals surface area contributed by atoms with E-state index in [1.54, 1.807) is 0 Å². The van der Waals surface area contributed by atoms with E-state index in [4.69, 9.17) is 0 Å². The molecule has 0 bridgehead atoms. The molecule has 1 aromatic heterocycles. The van der Waals surface area contributed by atoms with Crippen LogP contribution >= 0.6 is 11.3 Å². The highest BCUT2D eigenvalue weighted by molar-refractivity contribution is 7.14. The number of rotatable bonds is 4. The topological polar surface area (TPSA) is 45.2 Å². The number of amides is 1. The Hall–Kier alpha value is -1.72. The van der Waals surface area contributed by atoms with Gasteiger partial charge in [0.05, 0.1) is 10.7 Å². The van der Waals surface area contributed by atoms with Gasteiger partial charge in [-0.1, -0.05) is 51.1 Å². The van der Waals surface area contributed by atoms with Crippen molar-refractivity contribution in [3.8, 4) is 0 Å². The number of carbonyl (C=O) groups excluding carboxylic acids is 1. The van der Waals surface area contributed by atoms with Crippen LogP contribution in [0.15, 0.2) is 30.3 Å². The first-order valence-electron chi connectivity index (χ1n) is 9.33. The third-order valence-electron chi connectivity index (χ3n) is 5.03. The Morgan fingerprint density at radius 1 is 1.31 bits per heavy atom. The average molecular weight is 372 g/mol. The van der Waals surface area contributed by atoms with E-state index >= 15 is 0 Å². The monoisotopic (exact) mass is 371 g/mol. The molecule has 1 aliphatic heterocycles. The SMILES string of the molecule is Cc1nc(C(C)(C)C)sc1C(=O)NC1CCN(C(C)c2ccccc2)C1. The number of likely N-dealkylation sites (tertiary alicyclic amines) is 1. The number of nitrogens with zero attached hydrogens (tertiary/aromatic N) is 2. The number of aryl methyl sites for hydroxylation is 1. The summed E-state index contributed by atoms with van der Waals surface area (Å²) in [4.78, 5) is 20.6. The molecule has 3 rings (SSSR count). The molecule has 26 heavy (non-hydrogen) atoms. The Morgan fingerprint density at radius 3 is 2.62 bits per heavy atom. The molecule has 2 unspecified atom stereocenters. The molecule has 1 fully saturated rings. The van der Waals surface area contributed by atoms with Gasteiger partial charge in [-0.3, -0.25) is 9.69 Å². The van der Waals surface area contributed by atoms with Crippen LogP contribution in [0.2, 0.25) is 0 Å². The van der Waals surface area contributed by atoms with Crippen molar-refractivity contribution < 1.29 is 4.79 Å². The lowest BCUT2D eigenvalue weighted by Crippen LogP contribution is -2.37. The van der Waals surface area contributed by atoms with Crippen LogP contribution in [0.1, 0.15) is 66.1 Å². The number of nitrogens with one attached hydrogen (secondary N) is 1. The molecular weight excluding hydrogens is 342 g/mol. The fourth-order valence-corrected chi connectivity index (χ4v) is 4.41. The highest BCUT2D eigenvalue weighted by Crippen LogP contribution is 2.30. The molecule has 4 nitrogen and oxygen atoms in total. The van der Waals surface area contributed by atoms with Gasteiger partial charge in [-0.2, -0.15) is 0 Å². The first kappa shape index (κ1) is 19.1. The van der Waals surface area contributed by atoms with E-state index in [0.717, 1.165) is 35.1 Å². The predicted molar refractivity (Wildman–Crippen MR) is 108 cm³/mol. The van der Waals surface area contributed by atoms with E-state index in [0.29, 0.717) is 6.04 Å². The van der Waals surface area contributed by atoms with Gasteiger partial charge in [0.1, 0.15) is 4.88 Å². The zero-order valence-corrected chi connectivity index (χ0v) is 17.2. The molecule has 1 saturated heterocycles. The van der Waals surface area contributed by atoms with Crippen LogP contribution in [0, 0.1) is 6.92 Å². The molecule has 1 aliphatic rings. The largest absolute Gasteiger partial charge is 0.347 e. The quantitative estimate of drug-likeness (QED) is 0.871. The molecule has 1 N–H and O–H groups in total. The van der Waals surface area contributed by atoms with Crippen LogP contribution in [-0.4, -0.2) is 34.9 Å². The minimum absolute atomic E-state index is 0.0229. The summed E-state index contributed by atoms with van der Waals surface area (Å²) >= 11 is 1.53. The highest BCUT2D eigenvalue weighted by atomic mass is 32.1. The van der Waals surface area contributed by atoms with E-state index < -0.39 is 0 Å². The summed E-state index contributed by atoms with van der Waals surface area (Å²) in [6.07, 6.45) is 0.993. The summed E-state index contributed by atoms with van der Waals surface area (Å²) in [5.41, 5.74) is 2.14. The van der Waals surface area contributed by atoms with Crippen molar-refractivity contribution in [2.75, 3.05) is 13.1 Å². The van der Waals surface area contributed by atoms with Gasteiger partial charge in [0.2, 0.25) is 0 Å². The minimum Gasteiger partial charge on any atom is -0.347 e. The van der Waals surface area contributed by atoms with Crippen molar-refractivity contribution in [2.24, 2.45) is 0 Å². The van der Waals surface area contributed by atoms with E-state index in [1.807, 2.05) is 13.0 Å². The molecule has 0 saturated carbocycles. The van der Waals surface area contributed by atoms with Crippen molar-refractivity contribution in [3.05, 3.63) is 51.5 Å². The van der Waals surface area contributed by atoms with Gasteiger partial charge in [-0.15, -0.1) is 11.3 Å². The van der Waals surface area contributed by atoms with E-state index in [-0.39, 0.29) is 17.4 Å². The smallest absolute Gasteiger partial charge is 0.263 e. The van der Waals surface area contributed by atoms with Crippen molar-refractivity contribution in [1.29, 1.82) is 0 Å². The lowest BCUT2D eigenvalue weighted by Gasteiger charge is -2.24. The maximum absolute atomic E-state index is 12.7. The number of carbonyl (C=O) groups is 1. The molecule has 2 heterocycles. The van der Waals surface area contributed by atoms with Gasteiger partial charge in [0.25, 0.3) is 5.91 Å². The number of aromatic nitrogens is 1. The zero-order valence-electron chi connectivity index (χ0n) is 16.4. The van der Waals surface area contributed by atoms with Crippen LogP contribution in [0.5, 0.6) is 0 Å². The summed E-state index contributed by atoms with van der Waals surface area (Å²) in [6, 6.07) is 11.1. The Labute approximate surface area is 160 Å². The fourth-order valence-electron chi connectivity index (χ4n) is 3.38. The summed E-state index contributed by atoms with van der Waals surface area (Å²) in [5.74, 6) is 0.0229. The Morgan fingerprint density at radius 2 is 2.00 bits per heavy atom. The first-order chi connectivity index (χ1) is 12.3. The molecule has 2 aromatic rings. The van der Waals surface area contributed by atoms with Gasteiger partial charge < -0.3 is 5.32 Å². The van der Waals surface area contributed by atoms with Gasteiger partial charge in [-0.25, -0.2) is 4.98 Å². The second-order valence-corrected chi connectivity index (χ2v) is 9.22. The van der Waals surface area contributed by atoms with Crippen molar-refractivity contribution in [3.63, 3.8) is 0 Å². The van der Waals surface area contributed by atoms with Crippen LogP contribution < -0.4 is 5.32 Å².